The number of rotatable bonds is 7. The summed E-state index contributed by atoms with van der Waals surface area (Å²) in [6.07, 6.45) is 1.07. The van der Waals surface area contributed by atoms with Gasteiger partial charge in [-0.15, -0.1) is 11.8 Å². The maximum absolute atomic E-state index is 11.9. The van der Waals surface area contributed by atoms with Crippen LogP contribution in [0.1, 0.15) is 30.1 Å². The fourth-order valence-electron chi connectivity index (χ4n) is 1.59. The molecule has 2 N–H and O–H groups in total. The van der Waals surface area contributed by atoms with E-state index in [9.17, 15) is 9.90 Å². The molecule has 0 radical (unpaired) electrons. The number of nitrogens with zero attached hydrogens (tertiary/aromatic N) is 1. The molecule has 5 heteroatoms. The summed E-state index contributed by atoms with van der Waals surface area (Å²) in [5, 5.41) is 20.8. The lowest BCUT2D eigenvalue weighted by molar-refractivity contribution is 0.0910. The Labute approximate surface area is 117 Å². The lowest BCUT2D eigenvalue weighted by Crippen LogP contribution is -2.31. The van der Waals surface area contributed by atoms with Crippen LogP contribution in [-0.2, 0) is 0 Å². The highest BCUT2D eigenvalue weighted by atomic mass is 32.2. The standard InChI is InChI=1S/C14H18N2O2S/c1-2-4-12(17)10-16-14(18)11-5-3-6-13(9-11)19-8-7-15/h3,5-6,9,12,17H,2,4,8,10H2,1H3,(H,16,18). The summed E-state index contributed by atoms with van der Waals surface area (Å²) in [5.41, 5.74) is 0.548. The number of carbonyl (C=O) groups excluding carboxylic acids is 1. The van der Waals surface area contributed by atoms with E-state index < -0.39 is 6.10 Å². The van der Waals surface area contributed by atoms with Gasteiger partial charge in [-0.3, -0.25) is 4.79 Å². The van der Waals surface area contributed by atoms with Gasteiger partial charge in [0.2, 0.25) is 0 Å². The minimum absolute atomic E-state index is 0.199. The molecule has 1 aromatic rings. The second-order valence-electron chi connectivity index (χ2n) is 4.13. The molecule has 0 saturated heterocycles. The number of hydrogen-bond acceptors (Lipinski definition) is 4. The monoisotopic (exact) mass is 278 g/mol. The molecular weight excluding hydrogens is 260 g/mol. The molecule has 1 atom stereocenters. The third-order valence-electron chi connectivity index (χ3n) is 2.52. The van der Waals surface area contributed by atoms with Gasteiger partial charge in [0.05, 0.1) is 17.9 Å². The molecule has 0 aliphatic heterocycles. The highest BCUT2D eigenvalue weighted by Gasteiger charge is 2.09. The molecule has 1 amide bonds. The minimum atomic E-state index is -0.495. The van der Waals surface area contributed by atoms with E-state index in [1.54, 1.807) is 18.2 Å². The van der Waals surface area contributed by atoms with Crippen LogP contribution in [0.15, 0.2) is 29.2 Å². The van der Waals surface area contributed by atoms with Gasteiger partial charge in [-0.2, -0.15) is 5.26 Å². The van der Waals surface area contributed by atoms with Crippen molar-refractivity contribution in [2.75, 3.05) is 12.3 Å². The van der Waals surface area contributed by atoms with Crippen LogP contribution in [0.3, 0.4) is 0 Å². The average Bonchev–Trinajstić information content (AvgIpc) is 2.43. The highest BCUT2D eigenvalue weighted by Crippen LogP contribution is 2.18. The molecule has 1 unspecified atom stereocenters. The zero-order valence-corrected chi connectivity index (χ0v) is 11.7. The number of nitrogens with one attached hydrogen (secondary N) is 1. The third kappa shape index (κ3) is 5.77. The van der Waals surface area contributed by atoms with Crippen LogP contribution in [0.2, 0.25) is 0 Å². The highest BCUT2D eigenvalue weighted by molar-refractivity contribution is 7.99. The molecule has 0 aliphatic carbocycles. The van der Waals surface area contributed by atoms with Crippen molar-refractivity contribution in [3.05, 3.63) is 29.8 Å². The maximum Gasteiger partial charge on any atom is 0.251 e. The van der Waals surface area contributed by atoms with E-state index >= 15 is 0 Å². The lowest BCUT2D eigenvalue weighted by Gasteiger charge is -2.11. The number of carbonyl (C=O) groups is 1. The number of aliphatic hydroxyl groups excluding tert-OH is 1. The van der Waals surface area contributed by atoms with Gasteiger partial charge in [-0.05, 0) is 24.6 Å². The first-order valence-corrected chi connectivity index (χ1v) is 7.22. The predicted molar refractivity (Wildman–Crippen MR) is 76.0 cm³/mol. The molecule has 19 heavy (non-hydrogen) atoms. The van der Waals surface area contributed by atoms with E-state index in [0.717, 1.165) is 11.3 Å². The predicted octanol–water partition coefficient (Wildman–Crippen LogP) is 2.19. The van der Waals surface area contributed by atoms with Crippen LogP contribution >= 0.6 is 11.8 Å². The molecule has 1 aromatic carbocycles. The molecule has 0 bridgehead atoms. The van der Waals surface area contributed by atoms with Gasteiger partial charge in [0.1, 0.15) is 0 Å². The molecule has 0 aromatic heterocycles. The first kappa shape index (κ1) is 15.5. The Hall–Kier alpha value is -1.51. The van der Waals surface area contributed by atoms with Crippen molar-refractivity contribution in [3.8, 4) is 6.07 Å². The Morgan fingerprint density at radius 1 is 1.58 bits per heavy atom. The van der Waals surface area contributed by atoms with E-state index in [4.69, 9.17) is 5.26 Å². The first-order chi connectivity index (χ1) is 9.17. The van der Waals surface area contributed by atoms with Crippen molar-refractivity contribution in [1.82, 2.24) is 5.32 Å². The average molecular weight is 278 g/mol. The van der Waals surface area contributed by atoms with Crippen LogP contribution in [0.4, 0.5) is 0 Å². The fourth-order valence-corrected chi connectivity index (χ4v) is 2.21. The van der Waals surface area contributed by atoms with Crippen molar-refractivity contribution in [1.29, 1.82) is 5.26 Å². The van der Waals surface area contributed by atoms with Crippen LogP contribution in [0.5, 0.6) is 0 Å². The molecule has 0 spiro atoms. The van der Waals surface area contributed by atoms with E-state index in [-0.39, 0.29) is 12.5 Å². The fraction of sp³-hybridized carbons (Fsp3) is 0.429. The van der Waals surface area contributed by atoms with Gasteiger partial charge >= 0.3 is 0 Å². The number of hydrogen-bond donors (Lipinski definition) is 2. The number of aliphatic hydroxyl groups is 1. The zero-order valence-electron chi connectivity index (χ0n) is 10.9. The third-order valence-corrected chi connectivity index (χ3v) is 3.38. The van der Waals surface area contributed by atoms with Crippen LogP contribution in [-0.4, -0.2) is 29.4 Å². The van der Waals surface area contributed by atoms with E-state index in [2.05, 4.69) is 5.32 Å². The summed E-state index contributed by atoms with van der Waals surface area (Å²) in [6, 6.07) is 9.18. The summed E-state index contributed by atoms with van der Waals surface area (Å²) >= 11 is 1.39. The number of thioether (sulfide) groups is 1. The topological polar surface area (TPSA) is 73.1 Å². The molecule has 0 heterocycles. The summed E-state index contributed by atoms with van der Waals surface area (Å²) in [4.78, 5) is 12.8. The molecule has 0 saturated carbocycles. The Bertz CT molecular complexity index is 457. The normalized spacial score (nSPS) is 11.6. The van der Waals surface area contributed by atoms with Crippen LogP contribution in [0.25, 0.3) is 0 Å². The smallest absolute Gasteiger partial charge is 0.251 e. The van der Waals surface area contributed by atoms with E-state index in [0.29, 0.717) is 17.7 Å². The van der Waals surface area contributed by atoms with Crippen molar-refractivity contribution >= 4 is 17.7 Å². The zero-order chi connectivity index (χ0) is 14.1. The number of nitriles is 1. The largest absolute Gasteiger partial charge is 0.391 e. The van der Waals surface area contributed by atoms with Crippen molar-refractivity contribution in [2.24, 2.45) is 0 Å². The number of amides is 1. The maximum atomic E-state index is 11.9. The van der Waals surface area contributed by atoms with E-state index in [1.165, 1.54) is 11.8 Å². The summed E-state index contributed by atoms with van der Waals surface area (Å²) in [6.45, 7) is 2.25. The molecule has 0 fully saturated rings. The Morgan fingerprint density at radius 3 is 3.05 bits per heavy atom. The Kier molecular flexibility index (Phi) is 7.01. The summed E-state index contributed by atoms with van der Waals surface area (Å²) in [7, 11) is 0. The quantitative estimate of drug-likeness (QED) is 0.750. The Balaban J connectivity index is 2.54. The van der Waals surface area contributed by atoms with Gasteiger partial charge in [0.25, 0.3) is 5.91 Å². The van der Waals surface area contributed by atoms with Gasteiger partial charge in [0, 0.05) is 17.0 Å². The van der Waals surface area contributed by atoms with Crippen molar-refractivity contribution in [3.63, 3.8) is 0 Å². The first-order valence-electron chi connectivity index (χ1n) is 6.23. The lowest BCUT2D eigenvalue weighted by atomic mass is 10.2. The van der Waals surface area contributed by atoms with Crippen LogP contribution in [0, 0.1) is 11.3 Å². The van der Waals surface area contributed by atoms with Crippen molar-refractivity contribution in [2.45, 2.75) is 30.8 Å². The van der Waals surface area contributed by atoms with Gasteiger partial charge in [-0.25, -0.2) is 0 Å². The van der Waals surface area contributed by atoms with Crippen LogP contribution < -0.4 is 5.32 Å². The van der Waals surface area contributed by atoms with Crippen molar-refractivity contribution < 1.29 is 9.90 Å². The summed E-state index contributed by atoms with van der Waals surface area (Å²) < 4.78 is 0. The molecule has 102 valence electrons. The summed E-state index contributed by atoms with van der Waals surface area (Å²) in [5.74, 6) is 0.162. The molecular formula is C14H18N2O2S. The second-order valence-corrected chi connectivity index (χ2v) is 5.18. The minimum Gasteiger partial charge on any atom is -0.391 e. The molecule has 0 aliphatic rings. The van der Waals surface area contributed by atoms with Gasteiger partial charge in [-0.1, -0.05) is 19.4 Å². The molecule has 4 nitrogen and oxygen atoms in total. The number of benzene rings is 1. The Morgan fingerprint density at radius 2 is 2.37 bits per heavy atom. The van der Waals surface area contributed by atoms with Gasteiger partial charge in [0.15, 0.2) is 0 Å². The van der Waals surface area contributed by atoms with E-state index in [1.807, 2.05) is 19.1 Å². The SMILES string of the molecule is CCCC(O)CNC(=O)c1cccc(SCC#N)c1. The molecule has 1 rings (SSSR count). The van der Waals surface area contributed by atoms with Gasteiger partial charge < -0.3 is 10.4 Å². The second kappa shape index (κ2) is 8.57.